The molecule has 10 heteroatoms. The summed E-state index contributed by atoms with van der Waals surface area (Å²) in [6.45, 7) is 0. The minimum atomic E-state index is -4.74. The standard InChI is InChI=1S/C14H7ClF3N3O3/c15-8-2-1-5(3-7(8)14(16,17)18)21-9(22)4-6-10(11(21)19)13(24)20-12(6)23/h1-4H,19H2,(H,20,23,24). The van der Waals surface area contributed by atoms with Gasteiger partial charge in [0, 0.05) is 6.07 Å². The Hall–Kier alpha value is -2.81. The van der Waals surface area contributed by atoms with Gasteiger partial charge in [0.05, 0.1) is 27.4 Å². The maximum Gasteiger partial charge on any atom is 0.417 e. The van der Waals surface area contributed by atoms with Gasteiger partial charge in [0.1, 0.15) is 5.82 Å². The first-order valence-corrected chi connectivity index (χ1v) is 6.77. The highest BCUT2D eigenvalue weighted by molar-refractivity contribution is 6.31. The lowest BCUT2D eigenvalue weighted by Crippen LogP contribution is -2.24. The first kappa shape index (κ1) is 16.1. The van der Waals surface area contributed by atoms with Gasteiger partial charge in [-0.2, -0.15) is 13.2 Å². The molecule has 3 N–H and O–H groups in total. The average Bonchev–Trinajstić information content (AvgIpc) is 2.74. The molecule has 6 nitrogen and oxygen atoms in total. The number of carbonyl (C=O) groups is 2. The number of aromatic nitrogens is 1. The van der Waals surface area contributed by atoms with E-state index in [1.807, 2.05) is 5.32 Å². The molecule has 2 heterocycles. The van der Waals surface area contributed by atoms with E-state index in [-0.39, 0.29) is 16.8 Å². The van der Waals surface area contributed by atoms with E-state index in [9.17, 15) is 27.6 Å². The molecular formula is C14H7ClF3N3O3. The molecule has 1 aromatic heterocycles. The van der Waals surface area contributed by atoms with Crippen molar-refractivity contribution >= 4 is 29.2 Å². The third-order valence-electron chi connectivity index (χ3n) is 3.47. The number of nitrogens with one attached hydrogen (secondary N) is 1. The van der Waals surface area contributed by atoms with Crippen molar-refractivity contribution in [3.8, 4) is 5.69 Å². The van der Waals surface area contributed by atoms with Crippen molar-refractivity contribution in [1.82, 2.24) is 9.88 Å². The van der Waals surface area contributed by atoms with Crippen LogP contribution in [0.5, 0.6) is 0 Å². The van der Waals surface area contributed by atoms with E-state index >= 15 is 0 Å². The summed E-state index contributed by atoms with van der Waals surface area (Å²) in [5, 5.41) is 1.41. The lowest BCUT2D eigenvalue weighted by Gasteiger charge is -2.15. The van der Waals surface area contributed by atoms with Gasteiger partial charge in [0.15, 0.2) is 0 Å². The molecule has 1 aliphatic rings. The van der Waals surface area contributed by atoms with Crippen LogP contribution < -0.4 is 16.6 Å². The summed E-state index contributed by atoms with van der Waals surface area (Å²) >= 11 is 5.54. The van der Waals surface area contributed by atoms with Gasteiger partial charge < -0.3 is 5.73 Å². The van der Waals surface area contributed by atoms with Crippen LogP contribution in [0, 0.1) is 0 Å². The number of nitrogens with two attached hydrogens (primary N) is 1. The van der Waals surface area contributed by atoms with Gasteiger partial charge in [-0.1, -0.05) is 11.6 Å². The fourth-order valence-corrected chi connectivity index (χ4v) is 2.64. The Kier molecular flexibility index (Phi) is 3.41. The van der Waals surface area contributed by atoms with E-state index in [0.717, 1.165) is 18.2 Å². The number of rotatable bonds is 1. The van der Waals surface area contributed by atoms with Crippen molar-refractivity contribution in [2.45, 2.75) is 6.18 Å². The van der Waals surface area contributed by atoms with E-state index in [2.05, 4.69) is 0 Å². The minimum Gasteiger partial charge on any atom is -0.384 e. The fraction of sp³-hybridized carbons (Fsp3) is 0.0714. The number of alkyl halides is 3. The van der Waals surface area contributed by atoms with Crippen molar-refractivity contribution in [3.05, 3.63) is 56.3 Å². The Bertz CT molecular complexity index is 966. The highest BCUT2D eigenvalue weighted by Gasteiger charge is 2.35. The van der Waals surface area contributed by atoms with Crippen LogP contribution in [0.15, 0.2) is 29.1 Å². The van der Waals surface area contributed by atoms with E-state index in [4.69, 9.17) is 17.3 Å². The molecule has 0 aliphatic carbocycles. The SMILES string of the molecule is Nc1c2c(cc(=O)n1-c1ccc(Cl)c(C(F)(F)F)c1)C(=O)NC2=O. The molecule has 124 valence electrons. The minimum absolute atomic E-state index is 0.219. The van der Waals surface area contributed by atoms with Gasteiger partial charge in [-0.3, -0.25) is 24.3 Å². The number of anilines is 1. The van der Waals surface area contributed by atoms with Crippen LogP contribution in [0.2, 0.25) is 5.02 Å². The van der Waals surface area contributed by atoms with Crippen molar-refractivity contribution in [1.29, 1.82) is 0 Å². The number of hydrogen-bond acceptors (Lipinski definition) is 4. The second kappa shape index (κ2) is 5.10. The van der Waals surface area contributed by atoms with Gasteiger partial charge in [-0.15, -0.1) is 0 Å². The molecule has 0 atom stereocenters. The van der Waals surface area contributed by atoms with Crippen LogP contribution in [0.25, 0.3) is 5.69 Å². The zero-order valence-corrected chi connectivity index (χ0v) is 12.3. The number of carbonyl (C=O) groups excluding carboxylic acids is 2. The fourth-order valence-electron chi connectivity index (χ4n) is 2.42. The van der Waals surface area contributed by atoms with E-state index in [0.29, 0.717) is 10.6 Å². The Morgan fingerprint density at radius 3 is 2.38 bits per heavy atom. The summed E-state index contributed by atoms with van der Waals surface area (Å²) < 4.78 is 39.6. The molecule has 0 radical (unpaired) electrons. The number of pyridine rings is 1. The largest absolute Gasteiger partial charge is 0.417 e. The smallest absolute Gasteiger partial charge is 0.384 e. The third-order valence-corrected chi connectivity index (χ3v) is 3.80. The number of nitrogen functional groups attached to an aromatic ring is 1. The van der Waals surface area contributed by atoms with Crippen molar-refractivity contribution in [2.24, 2.45) is 0 Å². The van der Waals surface area contributed by atoms with E-state index < -0.39 is 40.0 Å². The second-order valence-electron chi connectivity index (χ2n) is 4.94. The van der Waals surface area contributed by atoms with Crippen LogP contribution in [0.3, 0.4) is 0 Å². The quantitative estimate of drug-likeness (QED) is 0.763. The second-order valence-corrected chi connectivity index (χ2v) is 5.34. The van der Waals surface area contributed by atoms with Crippen molar-refractivity contribution < 1.29 is 22.8 Å². The van der Waals surface area contributed by atoms with Gasteiger partial charge in [0.2, 0.25) is 0 Å². The van der Waals surface area contributed by atoms with Gasteiger partial charge in [-0.25, -0.2) is 0 Å². The molecule has 0 spiro atoms. The lowest BCUT2D eigenvalue weighted by molar-refractivity contribution is -0.137. The molecule has 0 saturated carbocycles. The number of imide groups is 1. The first-order chi connectivity index (χ1) is 11.1. The number of amides is 2. The average molecular weight is 358 g/mol. The molecule has 0 unspecified atom stereocenters. The van der Waals surface area contributed by atoms with Crippen molar-refractivity contribution in [3.63, 3.8) is 0 Å². The van der Waals surface area contributed by atoms with Crippen LogP contribution in [-0.2, 0) is 6.18 Å². The molecule has 2 amide bonds. The number of fused-ring (bicyclic) bond motifs is 1. The third kappa shape index (κ3) is 2.33. The molecule has 0 saturated heterocycles. The predicted molar refractivity (Wildman–Crippen MR) is 78.3 cm³/mol. The summed E-state index contributed by atoms with van der Waals surface area (Å²) in [5.74, 6) is -2.06. The summed E-state index contributed by atoms with van der Waals surface area (Å²) in [5.41, 5.74) is 3.03. The van der Waals surface area contributed by atoms with Crippen LogP contribution >= 0.6 is 11.6 Å². The molecule has 3 rings (SSSR count). The molecule has 2 aromatic rings. The van der Waals surface area contributed by atoms with Gasteiger partial charge in [-0.05, 0) is 18.2 Å². The van der Waals surface area contributed by atoms with Gasteiger partial charge in [0.25, 0.3) is 17.4 Å². The monoisotopic (exact) mass is 357 g/mol. The van der Waals surface area contributed by atoms with Crippen LogP contribution in [-0.4, -0.2) is 16.4 Å². The summed E-state index contributed by atoms with van der Waals surface area (Å²) in [4.78, 5) is 35.5. The van der Waals surface area contributed by atoms with E-state index in [1.165, 1.54) is 0 Å². The van der Waals surface area contributed by atoms with Crippen LogP contribution in [0.1, 0.15) is 26.3 Å². The van der Waals surface area contributed by atoms with Gasteiger partial charge >= 0.3 is 6.18 Å². The number of halogens is 4. The number of nitrogens with zero attached hydrogens (tertiary/aromatic N) is 1. The highest BCUT2D eigenvalue weighted by atomic mass is 35.5. The molecule has 1 aromatic carbocycles. The maximum absolute atomic E-state index is 13.0. The molecule has 1 aliphatic heterocycles. The Labute approximate surface area is 136 Å². The molecule has 24 heavy (non-hydrogen) atoms. The first-order valence-electron chi connectivity index (χ1n) is 6.39. The molecule has 0 bridgehead atoms. The Morgan fingerprint density at radius 1 is 1.08 bits per heavy atom. The Balaban J connectivity index is 2.30. The summed E-state index contributed by atoms with van der Waals surface area (Å²) in [6, 6.07) is 3.59. The predicted octanol–water partition coefficient (Wildman–Crippen LogP) is 1.98. The molecule has 0 fully saturated rings. The topological polar surface area (TPSA) is 94.2 Å². The number of benzene rings is 1. The lowest BCUT2D eigenvalue weighted by atomic mass is 10.1. The zero-order valence-electron chi connectivity index (χ0n) is 11.6. The Morgan fingerprint density at radius 2 is 1.75 bits per heavy atom. The zero-order chi connectivity index (χ0) is 17.8. The summed E-state index contributed by atoms with van der Waals surface area (Å²) in [6.07, 6.45) is -4.74. The highest BCUT2D eigenvalue weighted by Crippen LogP contribution is 2.36. The number of hydrogen-bond donors (Lipinski definition) is 2. The molecular weight excluding hydrogens is 351 g/mol. The van der Waals surface area contributed by atoms with E-state index in [1.54, 1.807) is 0 Å². The maximum atomic E-state index is 13.0. The van der Waals surface area contributed by atoms with Crippen LogP contribution in [0.4, 0.5) is 19.0 Å². The summed E-state index contributed by atoms with van der Waals surface area (Å²) in [7, 11) is 0. The normalized spacial score (nSPS) is 13.8. The van der Waals surface area contributed by atoms with Crippen molar-refractivity contribution in [2.75, 3.05) is 5.73 Å².